The van der Waals surface area contributed by atoms with Gasteiger partial charge in [-0.25, -0.2) is 4.79 Å². The molecule has 0 heterocycles. The molecule has 1 aromatic rings. The van der Waals surface area contributed by atoms with Gasteiger partial charge in [0.25, 0.3) is 0 Å². The molecular weight excluding hydrogens is 352 g/mol. The van der Waals surface area contributed by atoms with Gasteiger partial charge in [0.05, 0.1) is 6.04 Å². The highest BCUT2D eigenvalue weighted by Crippen LogP contribution is 2.19. The number of nitrogens with zero attached hydrogens (tertiary/aromatic N) is 1. The molecule has 28 heavy (non-hydrogen) atoms. The molecule has 1 unspecified atom stereocenters. The molecule has 156 valence electrons. The van der Waals surface area contributed by atoms with Gasteiger partial charge in [0, 0.05) is 25.6 Å². The highest BCUT2D eigenvalue weighted by molar-refractivity contribution is 5.78. The third-order valence-electron chi connectivity index (χ3n) is 5.51. The SMILES string of the molecule is CCN(CC)C(CNC(=O)CCNC(=O)NC1CCCCC1)c1ccccc1. The summed E-state index contributed by atoms with van der Waals surface area (Å²) in [7, 11) is 0. The number of hydrogen-bond acceptors (Lipinski definition) is 3. The van der Waals surface area contributed by atoms with Crippen LogP contribution in [0.3, 0.4) is 0 Å². The van der Waals surface area contributed by atoms with Crippen molar-refractivity contribution in [2.75, 3.05) is 26.2 Å². The summed E-state index contributed by atoms with van der Waals surface area (Å²) in [6.07, 6.45) is 6.03. The quantitative estimate of drug-likeness (QED) is 0.576. The lowest BCUT2D eigenvalue weighted by Crippen LogP contribution is -2.44. The van der Waals surface area contributed by atoms with Crippen molar-refractivity contribution in [1.29, 1.82) is 0 Å². The minimum Gasteiger partial charge on any atom is -0.354 e. The maximum atomic E-state index is 12.2. The van der Waals surface area contributed by atoms with E-state index < -0.39 is 0 Å². The lowest BCUT2D eigenvalue weighted by Gasteiger charge is -2.30. The fourth-order valence-electron chi connectivity index (χ4n) is 3.87. The molecule has 3 N–H and O–H groups in total. The summed E-state index contributed by atoms with van der Waals surface area (Å²) in [5.74, 6) is -0.0361. The Morgan fingerprint density at radius 3 is 2.36 bits per heavy atom. The molecule has 2 rings (SSSR count). The van der Waals surface area contributed by atoms with Crippen LogP contribution in [-0.2, 0) is 4.79 Å². The van der Waals surface area contributed by atoms with Crippen LogP contribution >= 0.6 is 0 Å². The van der Waals surface area contributed by atoms with Gasteiger partial charge >= 0.3 is 6.03 Å². The smallest absolute Gasteiger partial charge is 0.315 e. The number of likely N-dealkylation sites (N-methyl/N-ethyl adjacent to an activating group) is 1. The Hall–Kier alpha value is -2.08. The lowest BCUT2D eigenvalue weighted by molar-refractivity contribution is -0.121. The fourth-order valence-corrected chi connectivity index (χ4v) is 3.87. The Labute approximate surface area is 169 Å². The van der Waals surface area contributed by atoms with Crippen LogP contribution in [0.15, 0.2) is 30.3 Å². The van der Waals surface area contributed by atoms with E-state index in [4.69, 9.17) is 0 Å². The normalized spacial score (nSPS) is 15.8. The molecule has 6 heteroatoms. The predicted octanol–water partition coefficient (Wildman–Crippen LogP) is 3.21. The number of rotatable bonds is 10. The molecule has 0 saturated heterocycles. The average molecular weight is 389 g/mol. The van der Waals surface area contributed by atoms with E-state index in [1.54, 1.807) is 0 Å². The molecule has 1 saturated carbocycles. The highest BCUT2D eigenvalue weighted by Gasteiger charge is 2.19. The maximum Gasteiger partial charge on any atom is 0.315 e. The van der Waals surface area contributed by atoms with Crippen LogP contribution in [0.25, 0.3) is 0 Å². The highest BCUT2D eigenvalue weighted by atomic mass is 16.2. The molecule has 1 atom stereocenters. The first-order valence-electron chi connectivity index (χ1n) is 10.7. The van der Waals surface area contributed by atoms with E-state index in [0.29, 0.717) is 13.1 Å². The first kappa shape index (κ1) is 22.2. The van der Waals surface area contributed by atoms with E-state index in [1.165, 1.54) is 24.8 Å². The van der Waals surface area contributed by atoms with Crippen LogP contribution in [-0.4, -0.2) is 49.1 Å². The summed E-state index contributed by atoms with van der Waals surface area (Å²) in [5, 5.41) is 8.84. The van der Waals surface area contributed by atoms with Crippen molar-refractivity contribution in [3.63, 3.8) is 0 Å². The molecule has 0 aromatic heterocycles. The largest absolute Gasteiger partial charge is 0.354 e. The van der Waals surface area contributed by atoms with Gasteiger partial charge in [-0.05, 0) is 31.5 Å². The summed E-state index contributed by atoms with van der Waals surface area (Å²) in [6, 6.07) is 10.5. The summed E-state index contributed by atoms with van der Waals surface area (Å²) in [4.78, 5) is 26.5. The molecule has 0 aliphatic heterocycles. The third kappa shape index (κ3) is 7.50. The Kier molecular flexibility index (Phi) is 9.83. The second kappa shape index (κ2) is 12.4. The Morgan fingerprint density at radius 2 is 1.71 bits per heavy atom. The van der Waals surface area contributed by atoms with Crippen molar-refractivity contribution in [2.45, 2.75) is 64.5 Å². The van der Waals surface area contributed by atoms with Crippen molar-refractivity contribution in [1.82, 2.24) is 20.9 Å². The molecular formula is C22H36N4O2. The number of amides is 3. The van der Waals surface area contributed by atoms with Crippen LogP contribution in [0.5, 0.6) is 0 Å². The van der Waals surface area contributed by atoms with Gasteiger partial charge in [-0.3, -0.25) is 9.69 Å². The van der Waals surface area contributed by atoms with E-state index in [-0.39, 0.29) is 30.4 Å². The Morgan fingerprint density at radius 1 is 1.04 bits per heavy atom. The van der Waals surface area contributed by atoms with Crippen LogP contribution in [0, 0.1) is 0 Å². The molecule has 1 fully saturated rings. The van der Waals surface area contributed by atoms with E-state index in [2.05, 4.69) is 46.8 Å². The fraction of sp³-hybridized carbons (Fsp3) is 0.636. The Bertz CT molecular complexity index is 583. The van der Waals surface area contributed by atoms with Gasteiger partial charge < -0.3 is 16.0 Å². The molecule has 0 spiro atoms. The van der Waals surface area contributed by atoms with E-state index in [9.17, 15) is 9.59 Å². The summed E-state index contributed by atoms with van der Waals surface area (Å²) in [5.41, 5.74) is 1.21. The maximum absolute atomic E-state index is 12.2. The van der Waals surface area contributed by atoms with Gasteiger partial charge in [0.1, 0.15) is 0 Å². The topological polar surface area (TPSA) is 73.5 Å². The zero-order valence-electron chi connectivity index (χ0n) is 17.4. The number of urea groups is 1. The monoisotopic (exact) mass is 388 g/mol. The van der Waals surface area contributed by atoms with Crippen LogP contribution in [0.1, 0.15) is 64.0 Å². The predicted molar refractivity (Wildman–Crippen MR) is 113 cm³/mol. The number of hydrogen-bond donors (Lipinski definition) is 3. The van der Waals surface area contributed by atoms with Crippen molar-refractivity contribution in [2.24, 2.45) is 0 Å². The third-order valence-corrected chi connectivity index (χ3v) is 5.51. The number of nitrogens with one attached hydrogen (secondary N) is 3. The van der Waals surface area contributed by atoms with E-state index >= 15 is 0 Å². The van der Waals surface area contributed by atoms with Gasteiger partial charge in [0.15, 0.2) is 0 Å². The minimum absolute atomic E-state index is 0.0361. The molecule has 1 aliphatic rings. The van der Waals surface area contributed by atoms with Crippen molar-refractivity contribution in [3.8, 4) is 0 Å². The van der Waals surface area contributed by atoms with Crippen molar-refractivity contribution < 1.29 is 9.59 Å². The van der Waals surface area contributed by atoms with Crippen LogP contribution < -0.4 is 16.0 Å². The summed E-state index contributed by atoms with van der Waals surface area (Å²) >= 11 is 0. The number of carbonyl (C=O) groups is 2. The summed E-state index contributed by atoms with van der Waals surface area (Å²) < 4.78 is 0. The Balaban J connectivity index is 1.72. The molecule has 6 nitrogen and oxygen atoms in total. The van der Waals surface area contributed by atoms with Crippen LogP contribution in [0.2, 0.25) is 0 Å². The molecule has 1 aliphatic carbocycles. The van der Waals surface area contributed by atoms with Gasteiger partial charge in [0.2, 0.25) is 5.91 Å². The molecule has 0 bridgehead atoms. The second-order valence-corrected chi connectivity index (χ2v) is 7.44. The van der Waals surface area contributed by atoms with Gasteiger partial charge in [-0.2, -0.15) is 0 Å². The molecule has 3 amide bonds. The average Bonchev–Trinajstić information content (AvgIpc) is 2.72. The van der Waals surface area contributed by atoms with E-state index in [0.717, 1.165) is 25.9 Å². The zero-order chi connectivity index (χ0) is 20.2. The number of benzene rings is 1. The standard InChI is InChI=1S/C22H36N4O2/c1-3-26(4-2)20(18-11-7-5-8-12-18)17-24-21(27)15-16-23-22(28)25-19-13-9-6-10-14-19/h5,7-8,11-12,19-20H,3-4,6,9-10,13-17H2,1-2H3,(H,24,27)(H2,23,25,28). The van der Waals surface area contributed by atoms with Gasteiger partial charge in [-0.1, -0.05) is 63.4 Å². The van der Waals surface area contributed by atoms with Crippen LogP contribution in [0.4, 0.5) is 4.79 Å². The zero-order valence-corrected chi connectivity index (χ0v) is 17.4. The first-order chi connectivity index (χ1) is 13.6. The van der Waals surface area contributed by atoms with Gasteiger partial charge in [-0.15, -0.1) is 0 Å². The molecule has 0 radical (unpaired) electrons. The van der Waals surface area contributed by atoms with Crippen molar-refractivity contribution in [3.05, 3.63) is 35.9 Å². The summed E-state index contributed by atoms with van der Waals surface area (Å²) in [6.45, 7) is 7.04. The second-order valence-electron chi connectivity index (χ2n) is 7.44. The lowest BCUT2D eigenvalue weighted by atomic mass is 9.96. The number of carbonyl (C=O) groups excluding carboxylic acids is 2. The van der Waals surface area contributed by atoms with E-state index in [1.807, 2.05) is 18.2 Å². The minimum atomic E-state index is -0.162. The first-order valence-corrected chi connectivity index (χ1v) is 10.7. The van der Waals surface area contributed by atoms with Crippen molar-refractivity contribution >= 4 is 11.9 Å². The molecule has 1 aromatic carbocycles.